The average Bonchev–Trinajstić information content (AvgIpc) is 3.37. The standard InChI is InChI=1S/C32H25ClN2O7S/c1-3-41-32(38)29-26-19-23(15-18-28(26)42-30(29)21-9-5-4-6-10-21)35(31(37)25-11-7-8-12-27(25)33)43(39,40)24-16-13-22(14-17-24)34-20(2)36/h4-19H,3H2,1-2H3,(H,34,36). The van der Waals surface area contributed by atoms with Gasteiger partial charge in [-0.3, -0.25) is 9.59 Å². The van der Waals surface area contributed by atoms with Crippen molar-refractivity contribution in [3.63, 3.8) is 0 Å². The summed E-state index contributed by atoms with van der Waals surface area (Å²) in [5.74, 6) is -1.67. The van der Waals surface area contributed by atoms with Gasteiger partial charge in [0.2, 0.25) is 5.91 Å². The topological polar surface area (TPSA) is 123 Å². The van der Waals surface area contributed by atoms with Gasteiger partial charge in [-0.1, -0.05) is 54.1 Å². The minimum Gasteiger partial charge on any atom is -0.462 e. The summed E-state index contributed by atoms with van der Waals surface area (Å²) in [6, 6.07) is 24.7. The lowest BCUT2D eigenvalue weighted by molar-refractivity contribution is -0.114. The van der Waals surface area contributed by atoms with E-state index in [0.29, 0.717) is 15.6 Å². The van der Waals surface area contributed by atoms with Crippen LogP contribution >= 0.6 is 11.6 Å². The molecule has 1 aromatic heterocycles. The highest BCUT2D eigenvalue weighted by molar-refractivity contribution is 7.93. The lowest BCUT2D eigenvalue weighted by Crippen LogP contribution is -2.37. The zero-order valence-electron chi connectivity index (χ0n) is 23.0. The molecule has 0 aliphatic rings. The number of sulfonamides is 1. The molecule has 0 saturated carbocycles. The summed E-state index contributed by atoms with van der Waals surface area (Å²) in [5.41, 5.74) is 1.25. The van der Waals surface area contributed by atoms with Crippen LogP contribution in [0.5, 0.6) is 0 Å². The highest BCUT2D eigenvalue weighted by atomic mass is 35.5. The Morgan fingerprint density at radius 2 is 1.58 bits per heavy atom. The normalized spacial score (nSPS) is 11.2. The van der Waals surface area contributed by atoms with Gasteiger partial charge in [0.25, 0.3) is 15.9 Å². The number of nitrogens with one attached hydrogen (secondary N) is 1. The van der Waals surface area contributed by atoms with Gasteiger partial charge in [-0.25, -0.2) is 13.2 Å². The Morgan fingerprint density at radius 3 is 2.23 bits per heavy atom. The molecule has 0 aliphatic heterocycles. The fourth-order valence-electron chi connectivity index (χ4n) is 4.54. The third-order valence-electron chi connectivity index (χ3n) is 6.42. The zero-order chi connectivity index (χ0) is 30.7. The van der Waals surface area contributed by atoms with Gasteiger partial charge in [0.05, 0.1) is 27.8 Å². The van der Waals surface area contributed by atoms with Crippen molar-refractivity contribution < 1.29 is 32.0 Å². The molecular formula is C32H25ClN2O7S. The summed E-state index contributed by atoms with van der Waals surface area (Å²) in [6.07, 6.45) is 0. The number of rotatable bonds is 8. The fraction of sp³-hybridized carbons (Fsp3) is 0.0938. The van der Waals surface area contributed by atoms with Crippen molar-refractivity contribution in [2.45, 2.75) is 18.7 Å². The Bertz CT molecular complexity index is 1950. The molecule has 43 heavy (non-hydrogen) atoms. The number of furan rings is 1. The van der Waals surface area contributed by atoms with E-state index in [4.69, 9.17) is 20.8 Å². The second-order valence-electron chi connectivity index (χ2n) is 9.33. The van der Waals surface area contributed by atoms with E-state index in [9.17, 15) is 22.8 Å². The van der Waals surface area contributed by atoms with Gasteiger partial charge >= 0.3 is 5.97 Å². The molecule has 0 bridgehead atoms. The predicted octanol–water partition coefficient (Wildman–Crippen LogP) is 6.92. The molecular weight excluding hydrogens is 592 g/mol. The van der Waals surface area contributed by atoms with Crippen molar-refractivity contribution >= 4 is 61.8 Å². The first-order valence-electron chi connectivity index (χ1n) is 13.1. The third-order valence-corrected chi connectivity index (χ3v) is 8.48. The number of nitrogens with zero attached hydrogens (tertiary/aromatic N) is 1. The van der Waals surface area contributed by atoms with Crippen molar-refractivity contribution in [1.82, 2.24) is 0 Å². The molecule has 0 saturated heterocycles. The van der Waals surface area contributed by atoms with Gasteiger partial charge in [-0.2, -0.15) is 4.31 Å². The van der Waals surface area contributed by atoms with Crippen molar-refractivity contribution in [2.24, 2.45) is 0 Å². The van der Waals surface area contributed by atoms with Gasteiger partial charge in [0, 0.05) is 23.6 Å². The average molecular weight is 617 g/mol. The summed E-state index contributed by atoms with van der Waals surface area (Å²) >= 11 is 6.33. The smallest absolute Gasteiger partial charge is 0.342 e. The molecule has 1 heterocycles. The molecule has 0 atom stereocenters. The lowest BCUT2D eigenvalue weighted by atomic mass is 10.1. The summed E-state index contributed by atoms with van der Waals surface area (Å²) < 4.78 is 40.3. The van der Waals surface area contributed by atoms with E-state index in [1.165, 1.54) is 61.5 Å². The fourth-order valence-corrected chi connectivity index (χ4v) is 6.15. The van der Waals surface area contributed by atoms with Crippen molar-refractivity contribution in [1.29, 1.82) is 0 Å². The van der Waals surface area contributed by atoms with Crippen LogP contribution in [0.15, 0.2) is 106 Å². The number of hydrogen-bond donors (Lipinski definition) is 1. The van der Waals surface area contributed by atoms with Crippen LogP contribution in [0, 0.1) is 0 Å². The highest BCUT2D eigenvalue weighted by Gasteiger charge is 2.34. The lowest BCUT2D eigenvalue weighted by Gasteiger charge is -2.23. The van der Waals surface area contributed by atoms with Gasteiger partial charge in [0.15, 0.2) is 0 Å². The number of amides is 2. The van der Waals surface area contributed by atoms with E-state index >= 15 is 0 Å². The van der Waals surface area contributed by atoms with Crippen LogP contribution in [0.1, 0.15) is 34.6 Å². The Labute approximate surface area is 252 Å². The minimum absolute atomic E-state index is 0.0505. The molecule has 2 amide bonds. The molecule has 1 N–H and O–H groups in total. The third kappa shape index (κ3) is 5.88. The number of carbonyl (C=O) groups excluding carboxylic acids is 3. The maximum atomic E-state index is 14.1. The van der Waals surface area contributed by atoms with E-state index in [-0.39, 0.29) is 56.0 Å². The number of fused-ring (bicyclic) bond motifs is 1. The van der Waals surface area contributed by atoms with Crippen LogP contribution in [-0.4, -0.2) is 32.8 Å². The van der Waals surface area contributed by atoms with Gasteiger partial charge in [-0.05, 0) is 61.5 Å². The number of benzene rings is 4. The molecule has 0 fully saturated rings. The highest BCUT2D eigenvalue weighted by Crippen LogP contribution is 2.38. The second-order valence-corrected chi connectivity index (χ2v) is 11.5. The first kappa shape index (κ1) is 29.6. The largest absolute Gasteiger partial charge is 0.462 e. The number of ether oxygens (including phenoxy) is 1. The van der Waals surface area contributed by atoms with Crippen LogP contribution < -0.4 is 9.62 Å². The Balaban J connectivity index is 1.72. The van der Waals surface area contributed by atoms with Gasteiger partial charge in [-0.15, -0.1) is 0 Å². The number of halogens is 1. The number of anilines is 2. The Hall–Kier alpha value is -4.93. The summed E-state index contributed by atoms with van der Waals surface area (Å²) in [6.45, 7) is 3.09. The quantitative estimate of drug-likeness (QED) is 0.188. The maximum Gasteiger partial charge on any atom is 0.342 e. The minimum atomic E-state index is -4.56. The molecule has 5 aromatic rings. The number of esters is 1. The van der Waals surface area contributed by atoms with E-state index in [0.717, 1.165) is 0 Å². The molecule has 9 nitrogen and oxygen atoms in total. The second kappa shape index (κ2) is 12.1. The SMILES string of the molecule is CCOC(=O)c1c(-c2ccccc2)oc2ccc(N(C(=O)c3ccccc3Cl)S(=O)(=O)c3ccc(NC(C)=O)cc3)cc12. The molecule has 0 aliphatic carbocycles. The van der Waals surface area contributed by atoms with Crippen LogP contribution in [0.25, 0.3) is 22.3 Å². The predicted molar refractivity (Wildman–Crippen MR) is 164 cm³/mol. The van der Waals surface area contributed by atoms with E-state index in [1.807, 2.05) is 6.07 Å². The van der Waals surface area contributed by atoms with Crippen LogP contribution in [0.3, 0.4) is 0 Å². The summed E-state index contributed by atoms with van der Waals surface area (Å²) in [4.78, 5) is 38.4. The summed E-state index contributed by atoms with van der Waals surface area (Å²) in [7, 11) is -4.56. The van der Waals surface area contributed by atoms with Crippen LogP contribution in [0.2, 0.25) is 5.02 Å². The zero-order valence-corrected chi connectivity index (χ0v) is 24.6. The monoisotopic (exact) mass is 616 g/mol. The number of hydrogen-bond acceptors (Lipinski definition) is 7. The number of carbonyl (C=O) groups is 3. The van der Waals surface area contributed by atoms with Crippen molar-refractivity contribution in [3.05, 3.63) is 113 Å². The van der Waals surface area contributed by atoms with Crippen LogP contribution in [-0.2, 0) is 19.6 Å². The molecule has 11 heteroatoms. The Kier molecular flexibility index (Phi) is 8.33. The molecule has 0 unspecified atom stereocenters. The van der Waals surface area contributed by atoms with Gasteiger partial charge in [0.1, 0.15) is 16.9 Å². The van der Waals surface area contributed by atoms with Crippen LogP contribution in [0.4, 0.5) is 11.4 Å². The molecule has 5 rings (SSSR count). The summed E-state index contributed by atoms with van der Waals surface area (Å²) in [5, 5.41) is 2.88. The Morgan fingerprint density at radius 1 is 0.907 bits per heavy atom. The van der Waals surface area contributed by atoms with E-state index < -0.39 is 21.9 Å². The van der Waals surface area contributed by atoms with E-state index in [2.05, 4.69) is 5.32 Å². The molecule has 0 radical (unpaired) electrons. The maximum absolute atomic E-state index is 14.1. The first-order valence-corrected chi connectivity index (χ1v) is 14.9. The molecule has 4 aromatic carbocycles. The van der Waals surface area contributed by atoms with Crippen molar-refractivity contribution in [3.8, 4) is 11.3 Å². The molecule has 218 valence electrons. The van der Waals surface area contributed by atoms with Crippen molar-refractivity contribution in [2.75, 3.05) is 16.2 Å². The van der Waals surface area contributed by atoms with Gasteiger partial charge < -0.3 is 14.5 Å². The first-order chi connectivity index (χ1) is 20.6. The molecule has 0 spiro atoms. The van der Waals surface area contributed by atoms with E-state index in [1.54, 1.807) is 43.3 Å².